The van der Waals surface area contributed by atoms with Crippen LogP contribution in [0.15, 0.2) is 60.7 Å². The van der Waals surface area contributed by atoms with Gasteiger partial charge in [0.2, 0.25) is 6.79 Å². The van der Waals surface area contributed by atoms with Crippen LogP contribution in [0.3, 0.4) is 0 Å². The Balaban J connectivity index is 1.37. The van der Waals surface area contributed by atoms with Crippen molar-refractivity contribution in [3.8, 4) is 23.0 Å². The molecule has 0 spiro atoms. The molecule has 0 unspecified atom stereocenters. The number of ether oxygens (including phenoxy) is 3. The highest BCUT2D eigenvalue weighted by atomic mass is 19.4. The molecule has 1 heterocycles. The maximum atomic E-state index is 13.0. The van der Waals surface area contributed by atoms with E-state index in [0.29, 0.717) is 28.7 Å². The van der Waals surface area contributed by atoms with E-state index in [1.54, 1.807) is 42.5 Å². The minimum absolute atomic E-state index is 0.0400. The molecular weight excluding hydrogens is 413 g/mol. The number of hydrogen-bond acceptors (Lipinski definition) is 4. The molecular formula is C22H17F3N2O4. The van der Waals surface area contributed by atoms with Gasteiger partial charge in [-0.1, -0.05) is 6.07 Å². The summed E-state index contributed by atoms with van der Waals surface area (Å²) in [5, 5.41) is 4.97. The summed E-state index contributed by atoms with van der Waals surface area (Å²) in [7, 11) is 0. The van der Waals surface area contributed by atoms with E-state index in [1.165, 1.54) is 19.1 Å². The normalized spacial score (nSPS) is 12.4. The van der Waals surface area contributed by atoms with Gasteiger partial charge in [-0.3, -0.25) is 0 Å². The Morgan fingerprint density at radius 3 is 2.26 bits per heavy atom. The second-order valence-electron chi connectivity index (χ2n) is 6.75. The standard InChI is InChI=1S/C22H17F3N2O4/c1-13-2-3-15(10-18(13)22(23,24)25)27-21(28)26-14-4-6-16(7-5-14)31-17-8-9-19-20(11-17)30-12-29-19/h2-11H,12H2,1H3,(H2,26,27,28). The van der Waals surface area contributed by atoms with E-state index >= 15 is 0 Å². The molecule has 4 rings (SSSR count). The van der Waals surface area contributed by atoms with Gasteiger partial charge in [-0.05, 0) is 61.0 Å². The molecule has 2 amide bonds. The van der Waals surface area contributed by atoms with Crippen LogP contribution in [-0.4, -0.2) is 12.8 Å². The molecule has 2 N–H and O–H groups in total. The third-order valence-corrected chi connectivity index (χ3v) is 4.49. The van der Waals surface area contributed by atoms with Crippen molar-refractivity contribution in [1.29, 1.82) is 0 Å². The Morgan fingerprint density at radius 1 is 0.871 bits per heavy atom. The minimum atomic E-state index is -4.49. The lowest BCUT2D eigenvalue weighted by atomic mass is 10.1. The van der Waals surface area contributed by atoms with Crippen LogP contribution < -0.4 is 24.8 Å². The van der Waals surface area contributed by atoms with Gasteiger partial charge in [0.15, 0.2) is 11.5 Å². The molecule has 0 saturated carbocycles. The number of rotatable bonds is 4. The lowest BCUT2D eigenvalue weighted by Gasteiger charge is -2.13. The maximum Gasteiger partial charge on any atom is 0.416 e. The van der Waals surface area contributed by atoms with Gasteiger partial charge in [-0.25, -0.2) is 4.79 Å². The molecule has 0 aliphatic carbocycles. The zero-order valence-corrected chi connectivity index (χ0v) is 16.2. The largest absolute Gasteiger partial charge is 0.457 e. The van der Waals surface area contributed by atoms with Crippen LogP contribution >= 0.6 is 0 Å². The molecule has 160 valence electrons. The minimum Gasteiger partial charge on any atom is -0.457 e. The number of amides is 2. The molecule has 3 aromatic rings. The van der Waals surface area contributed by atoms with E-state index in [1.807, 2.05) is 0 Å². The first kappa shape index (κ1) is 20.4. The zero-order valence-electron chi connectivity index (χ0n) is 16.2. The summed E-state index contributed by atoms with van der Waals surface area (Å²) in [6.07, 6.45) is -4.49. The molecule has 1 aliphatic rings. The summed E-state index contributed by atoms with van der Waals surface area (Å²) in [4.78, 5) is 12.2. The van der Waals surface area contributed by atoms with E-state index in [9.17, 15) is 18.0 Å². The fourth-order valence-corrected chi connectivity index (χ4v) is 2.98. The molecule has 0 saturated heterocycles. The maximum absolute atomic E-state index is 13.0. The number of benzene rings is 3. The first-order valence-electron chi connectivity index (χ1n) is 9.21. The van der Waals surface area contributed by atoms with Gasteiger partial charge in [0.05, 0.1) is 5.56 Å². The van der Waals surface area contributed by atoms with Crippen LogP contribution in [0.1, 0.15) is 11.1 Å². The van der Waals surface area contributed by atoms with Gasteiger partial charge < -0.3 is 24.8 Å². The molecule has 6 nitrogen and oxygen atoms in total. The van der Waals surface area contributed by atoms with Crippen molar-refractivity contribution in [2.45, 2.75) is 13.1 Å². The third kappa shape index (κ3) is 4.82. The topological polar surface area (TPSA) is 68.8 Å². The number of aryl methyl sites for hydroxylation is 1. The SMILES string of the molecule is Cc1ccc(NC(=O)Nc2ccc(Oc3ccc4c(c3)OCO4)cc2)cc1C(F)(F)F. The first-order chi connectivity index (χ1) is 14.8. The highest BCUT2D eigenvalue weighted by Crippen LogP contribution is 2.37. The molecule has 0 aromatic heterocycles. The number of hydrogen-bond donors (Lipinski definition) is 2. The summed E-state index contributed by atoms with van der Waals surface area (Å²) in [5.41, 5.74) is -0.233. The Morgan fingerprint density at radius 2 is 1.52 bits per heavy atom. The molecule has 0 atom stereocenters. The number of halogens is 3. The van der Waals surface area contributed by atoms with Crippen LogP contribution in [0.4, 0.5) is 29.3 Å². The van der Waals surface area contributed by atoms with E-state index in [0.717, 1.165) is 6.07 Å². The van der Waals surface area contributed by atoms with Crippen molar-refractivity contribution < 1.29 is 32.2 Å². The fraction of sp³-hybridized carbons (Fsp3) is 0.136. The molecule has 0 fully saturated rings. The third-order valence-electron chi connectivity index (χ3n) is 4.49. The van der Waals surface area contributed by atoms with E-state index in [-0.39, 0.29) is 18.0 Å². The second kappa shape index (κ2) is 8.10. The van der Waals surface area contributed by atoms with Crippen molar-refractivity contribution in [3.05, 3.63) is 71.8 Å². The van der Waals surface area contributed by atoms with Gasteiger partial charge >= 0.3 is 12.2 Å². The average Bonchev–Trinajstić information content (AvgIpc) is 3.18. The molecule has 1 aliphatic heterocycles. The Hall–Kier alpha value is -3.88. The summed E-state index contributed by atoms with van der Waals surface area (Å²) < 4.78 is 55.4. The molecule has 31 heavy (non-hydrogen) atoms. The van der Waals surface area contributed by atoms with Crippen molar-refractivity contribution in [2.24, 2.45) is 0 Å². The fourth-order valence-electron chi connectivity index (χ4n) is 2.98. The molecule has 3 aromatic carbocycles. The summed E-state index contributed by atoms with van der Waals surface area (Å²) >= 11 is 0. The van der Waals surface area contributed by atoms with E-state index < -0.39 is 17.8 Å². The van der Waals surface area contributed by atoms with Gasteiger partial charge in [0.25, 0.3) is 0 Å². The summed E-state index contributed by atoms with van der Waals surface area (Å²) in [5.74, 6) is 2.33. The number of alkyl halides is 3. The van der Waals surface area contributed by atoms with Crippen molar-refractivity contribution >= 4 is 17.4 Å². The Labute approximate surface area is 175 Å². The smallest absolute Gasteiger partial charge is 0.416 e. The quantitative estimate of drug-likeness (QED) is 0.519. The zero-order chi connectivity index (χ0) is 22.0. The predicted molar refractivity (Wildman–Crippen MR) is 108 cm³/mol. The molecule has 9 heteroatoms. The van der Waals surface area contributed by atoms with Gasteiger partial charge in [0.1, 0.15) is 11.5 Å². The Bertz CT molecular complexity index is 1110. The van der Waals surface area contributed by atoms with Gasteiger partial charge in [0, 0.05) is 17.4 Å². The number of urea groups is 1. The van der Waals surface area contributed by atoms with Crippen LogP contribution in [-0.2, 0) is 6.18 Å². The van der Waals surface area contributed by atoms with Gasteiger partial charge in [-0.2, -0.15) is 13.2 Å². The van der Waals surface area contributed by atoms with Gasteiger partial charge in [-0.15, -0.1) is 0 Å². The van der Waals surface area contributed by atoms with Crippen molar-refractivity contribution in [2.75, 3.05) is 17.4 Å². The van der Waals surface area contributed by atoms with Crippen LogP contribution in [0.2, 0.25) is 0 Å². The first-order valence-corrected chi connectivity index (χ1v) is 9.21. The van der Waals surface area contributed by atoms with Crippen LogP contribution in [0, 0.1) is 6.92 Å². The van der Waals surface area contributed by atoms with Crippen molar-refractivity contribution in [1.82, 2.24) is 0 Å². The Kier molecular flexibility index (Phi) is 5.33. The van der Waals surface area contributed by atoms with E-state index in [2.05, 4.69) is 10.6 Å². The lowest BCUT2D eigenvalue weighted by molar-refractivity contribution is -0.138. The second-order valence-corrected chi connectivity index (χ2v) is 6.75. The highest BCUT2D eigenvalue weighted by Gasteiger charge is 2.32. The van der Waals surface area contributed by atoms with Crippen LogP contribution in [0.25, 0.3) is 0 Å². The average molecular weight is 430 g/mol. The summed E-state index contributed by atoms with van der Waals surface area (Å²) in [6.45, 7) is 1.53. The highest BCUT2D eigenvalue weighted by molar-refractivity contribution is 5.99. The number of fused-ring (bicyclic) bond motifs is 1. The molecule has 0 radical (unpaired) electrons. The summed E-state index contributed by atoms with van der Waals surface area (Å²) in [6, 6.07) is 14.7. The predicted octanol–water partition coefficient (Wildman–Crippen LogP) is 6.18. The monoisotopic (exact) mass is 430 g/mol. The lowest BCUT2D eigenvalue weighted by Crippen LogP contribution is -2.20. The number of carbonyl (C=O) groups excluding carboxylic acids is 1. The number of anilines is 2. The van der Waals surface area contributed by atoms with E-state index in [4.69, 9.17) is 14.2 Å². The number of nitrogens with one attached hydrogen (secondary N) is 2. The number of carbonyl (C=O) groups is 1. The van der Waals surface area contributed by atoms with Crippen LogP contribution in [0.5, 0.6) is 23.0 Å². The molecule has 0 bridgehead atoms. The van der Waals surface area contributed by atoms with Crippen molar-refractivity contribution in [3.63, 3.8) is 0 Å².